The van der Waals surface area contributed by atoms with Crippen molar-refractivity contribution in [2.75, 3.05) is 31.5 Å². The summed E-state index contributed by atoms with van der Waals surface area (Å²) >= 11 is 0. The maximum atomic E-state index is 11.9. The summed E-state index contributed by atoms with van der Waals surface area (Å²) in [5.41, 5.74) is 3.05. The third-order valence-electron chi connectivity index (χ3n) is 2.99. The van der Waals surface area contributed by atoms with Gasteiger partial charge < -0.3 is 10.6 Å². The number of nitrogens with zero attached hydrogens (tertiary/aromatic N) is 1. The number of benzene rings is 1. The topological polar surface area (TPSA) is 61.4 Å². The van der Waals surface area contributed by atoms with Crippen LogP contribution in [0.4, 0.5) is 5.69 Å². The van der Waals surface area contributed by atoms with Crippen LogP contribution in [-0.2, 0) is 9.59 Å². The first-order valence-corrected chi connectivity index (χ1v) is 6.40. The molecule has 0 saturated carbocycles. The molecule has 19 heavy (non-hydrogen) atoms. The molecule has 2 amide bonds. The van der Waals surface area contributed by atoms with E-state index in [1.165, 1.54) is 0 Å². The van der Waals surface area contributed by atoms with Crippen LogP contribution in [-0.4, -0.2) is 42.9 Å². The van der Waals surface area contributed by atoms with Crippen molar-refractivity contribution >= 4 is 17.5 Å². The predicted molar refractivity (Wildman–Crippen MR) is 74.0 cm³/mol. The van der Waals surface area contributed by atoms with Crippen LogP contribution in [0.25, 0.3) is 0 Å². The normalized spacial score (nSPS) is 16.0. The summed E-state index contributed by atoms with van der Waals surface area (Å²) in [5.74, 6) is -0.106. The minimum absolute atomic E-state index is 0.0227. The first-order valence-electron chi connectivity index (χ1n) is 6.40. The molecule has 0 aliphatic carbocycles. The van der Waals surface area contributed by atoms with Crippen molar-refractivity contribution < 1.29 is 9.59 Å². The number of piperazine rings is 1. The molecule has 2 rings (SSSR count). The van der Waals surface area contributed by atoms with Crippen LogP contribution < -0.4 is 10.6 Å². The SMILES string of the molecule is Cc1cc(C)cc(NC(=O)CN2CCNC(=O)C2)c1. The second-order valence-corrected chi connectivity index (χ2v) is 4.99. The van der Waals surface area contributed by atoms with E-state index in [0.29, 0.717) is 19.6 Å². The first kappa shape index (κ1) is 13.5. The molecule has 0 unspecified atom stereocenters. The van der Waals surface area contributed by atoms with Crippen molar-refractivity contribution in [2.45, 2.75) is 13.8 Å². The fraction of sp³-hybridized carbons (Fsp3) is 0.429. The average Bonchev–Trinajstić information content (AvgIpc) is 2.26. The molecule has 0 radical (unpaired) electrons. The van der Waals surface area contributed by atoms with E-state index in [0.717, 1.165) is 16.8 Å². The highest BCUT2D eigenvalue weighted by Gasteiger charge is 2.18. The van der Waals surface area contributed by atoms with Crippen LogP contribution in [0.2, 0.25) is 0 Å². The minimum atomic E-state index is -0.0836. The highest BCUT2D eigenvalue weighted by molar-refractivity contribution is 5.93. The predicted octanol–water partition coefficient (Wildman–Crippen LogP) is 0.674. The van der Waals surface area contributed by atoms with Gasteiger partial charge in [-0.15, -0.1) is 0 Å². The molecular weight excluding hydrogens is 242 g/mol. The van der Waals surface area contributed by atoms with Gasteiger partial charge in [-0.25, -0.2) is 0 Å². The Hall–Kier alpha value is -1.88. The molecule has 1 aliphatic heterocycles. The Morgan fingerprint density at radius 3 is 2.63 bits per heavy atom. The van der Waals surface area contributed by atoms with Gasteiger partial charge in [0.2, 0.25) is 11.8 Å². The van der Waals surface area contributed by atoms with Crippen LogP contribution in [0.5, 0.6) is 0 Å². The highest BCUT2D eigenvalue weighted by atomic mass is 16.2. The van der Waals surface area contributed by atoms with Gasteiger partial charge >= 0.3 is 0 Å². The van der Waals surface area contributed by atoms with Crippen molar-refractivity contribution in [3.63, 3.8) is 0 Å². The van der Waals surface area contributed by atoms with E-state index in [1.807, 2.05) is 30.9 Å². The van der Waals surface area contributed by atoms with E-state index in [2.05, 4.69) is 16.7 Å². The van der Waals surface area contributed by atoms with E-state index >= 15 is 0 Å². The molecule has 1 aromatic rings. The van der Waals surface area contributed by atoms with Crippen molar-refractivity contribution in [3.05, 3.63) is 29.3 Å². The van der Waals surface area contributed by atoms with E-state index < -0.39 is 0 Å². The van der Waals surface area contributed by atoms with Crippen molar-refractivity contribution in [2.24, 2.45) is 0 Å². The van der Waals surface area contributed by atoms with Gasteiger partial charge in [0, 0.05) is 18.8 Å². The van der Waals surface area contributed by atoms with Gasteiger partial charge in [0.15, 0.2) is 0 Å². The van der Waals surface area contributed by atoms with E-state index in [1.54, 1.807) is 0 Å². The summed E-state index contributed by atoms with van der Waals surface area (Å²) < 4.78 is 0. The Labute approximate surface area is 113 Å². The molecule has 1 fully saturated rings. The van der Waals surface area contributed by atoms with Crippen LogP contribution >= 0.6 is 0 Å². The Bertz CT molecular complexity index is 479. The summed E-state index contributed by atoms with van der Waals surface area (Å²) in [6.07, 6.45) is 0. The summed E-state index contributed by atoms with van der Waals surface area (Å²) in [7, 11) is 0. The van der Waals surface area contributed by atoms with Gasteiger partial charge in [0.05, 0.1) is 13.1 Å². The fourth-order valence-electron chi connectivity index (χ4n) is 2.28. The molecule has 0 aromatic heterocycles. The first-order chi connectivity index (χ1) is 9.02. The second-order valence-electron chi connectivity index (χ2n) is 4.99. The number of carbonyl (C=O) groups is 2. The summed E-state index contributed by atoms with van der Waals surface area (Å²) in [6, 6.07) is 5.94. The number of nitrogens with one attached hydrogen (secondary N) is 2. The average molecular weight is 261 g/mol. The van der Waals surface area contributed by atoms with E-state index in [4.69, 9.17) is 0 Å². The Morgan fingerprint density at radius 2 is 2.00 bits per heavy atom. The van der Waals surface area contributed by atoms with Crippen molar-refractivity contribution in [1.82, 2.24) is 10.2 Å². The molecule has 1 heterocycles. The Morgan fingerprint density at radius 1 is 1.32 bits per heavy atom. The molecule has 1 saturated heterocycles. The maximum absolute atomic E-state index is 11.9. The van der Waals surface area contributed by atoms with Crippen molar-refractivity contribution in [1.29, 1.82) is 0 Å². The lowest BCUT2D eigenvalue weighted by Gasteiger charge is -2.25. The number of carbonyl (C=O) groups excluding carboxylic acids is 2. The lowest BCUT2D eigenvalue weighted by Crippen LogP contribution is -2.49. The van der Waals surface area contributed by atoms with Crippen molar-refractivity contribution in [3.8, 4) is 0 Å². The smallest absolute Gasteiger partial charge is 0.238 e. The molecule has 5 heteroatoms. The molecule has 0 bridgehead atoms. The van der Waals surface area contributed by atoms with Gasteiger partial charge in [0.25, 0.3) is 0 Å². The zero-order valence-electron chi connectivity index (χ0n) is 11.3. The number of hydrogen-bond donors (Lipinski definition) is 2. The minimum Gasteiger partial charge on any atom is -0.354 e. The van der Waals surface area contributed by atoms with Crippen LogP contribution in [0, 0.1) is 13.8 Å². The van der Waals surface area contributed by atoms with Crippen LogP contribution in [0.1, 0.15) is 11.1 Å². The third kappa shape index (κ3) is 4.06. The third-order valence-corrected chi connectivity index (χ3v) is 2.99. The standard InChI is InChI=1S/C14H19N3O2/c1-10-5-11(2)7-12(6-10)16-14(19)9-17-4-3-15-13(18)8-17/h5-7H,3-4,8-9H2,1-2H3,(H,15,18)(H,16,19). The number of amides is 2. The fourth-order valence-corrected chi connectivity index (χ4v) is 2.28. The number of hydrogen-bond acceptors (Lipinski definition) is 3. The maximum Gasteiger partial charge on any atom is 0.238 e. The summed E-state index contributed by atoms with van der Waals surface area (Å²) in [4.78, 5) is 25.0. The van der Waals surface area contributed by atoms with Gasteiger partial charge in [0.1, 0.15) is 0 Å². The molecule has 0 spiro atoms. The second kappa shape index (κ2) is 5.84. The Kier molecular flexibility index (Phi) is 4.16. The molecule has 102 valence electrons. The Balaban J connectivity index is 1.91. The lowest BCUT2D eigenvalue weighted by molar-refractivity contribution is -0.125. The molecular formula is C14H19N3O2. The summed E-state index contributed by atoms with van der Waals surface area (Å²) in [5, 5.41) is 5.61. The molecule has 2 N–H and O–H groups in total. The lowest BCUT2D eigenvalue weighted by atomic mass is 10.1. The number of rotatable bonds is 3. The molecule has 1 aromatic carbocycles. The highest BCUT2D eigenvalue weighted by Crippen LogP contribution is 2.13. The van der Waals surface area contributed by atoms with Gasteiger partial charge in [-0.05, 0) is 37.1 Å². The molecule has 0 atom stereocenters. The zero-order valence-corrected chi connectivity index (χ0v) is 11.3. The molecule has 1 aliphatic rings. The summed E-state index contributed by atoms with van der Waals surface area (Å²) in [6.45, 7) is 5.86. The van der Waals surface area contributed by atoms with E-state index in [9.17, 15) is 9.59 Å². The van der Waals surface area contributed by atoms with Gasteiger partial charge in [-0.3, -0.25) is 14.5 Å². The van der Waals surface area contributed by atoms with Crippen LogP contribution in [0.3, 0.4) is 0 Å². The van der Waals surface area contributed by atoms with E-state index in [-0.39, 0.29) is 18.4 Å². The number of anilines is 1. The quantitative estimate of drug-likeness (QED) is 0.841. The monoisotopic (exact) mass is 261 g/mol. The zero-order chi connectivity index (χ0) is 13.8. The van der Waals surface area contributed by atoms with Gasteiger partial charge in [-0.2, -0.15) is 0 Å². The number of aryl methyl sites for hydroxylation is 2. The molecule has 5 nitrogen and oxygen atoms in total. The van der Waals surface area contributed by atoms with Gasteiger partial charge in [-0.1, -0.05) is 6.07 Å². The largest absolute Gasteiger partial charge is 0.354 e. The van der Waals surface area contributed by atoms with Crippen LogP contribution in [0.15, 0.2) is 18.2 Å².